The van der Waals surface area contributed by atoms with Crippen LogP contribution in [-0.4, -0.2) is 54.0 Å². The standard InChI is InChI=1S/C17H30N4O3/c1-7-18-14(23)13-12-10(17(12,5)6)9-21(13)11(22)8-19-15(24)20-16(2,3)4/h10,12-13H,7-9H2,1-6H3,(H,18,23)(H2,19,20,24). The first-order valence-electron chi connectivity index (χ1n) is 8.62. The van der Waals surface area contributed by atoms with E-state index in [0.29, 0.717) is 19.0 Å². The fourth-order valence-electron chi connectivity index (χ4n) is 3.76. The summed E-state index contributed by atoms with van der Waals surface area (Å²) in [5, 5.41) is 8.17. The molecule has 2 rings (SSSR count). The van der Waals surface area contributed by atoms with Crippen LogP contribution in [-0.2, 0) is 9.59 Å². The molecule has 7 heteroatoms. The van der Waals surface area contributed by atoms with Gasteiger partial charge in [0.05, 0.1) is 6.54 Å². The van der Waals surface area contributed by atoms with Gasteiger partial charge in [-0.05, 0) is 44.9 Å². The molecule has 4 amide bonds. The Hall–Kier alpha value is -1.79. The number of fused-ring (bicyclic) bond motifs is 1. The van der Waals surface area contributed by atoms with Crippen molar-refractivity contribution < 1.29 is 14.4 Å². The summed E-state index contributed by atoms with van der Waals surface area (Å²) in [7, 11) is 0. The molecule has 3 unspecified atom stereocenters. The van der Waals surface area contributed by atoms with Gasteiger partial charge in [0.1, 0.15) is 6.04 Å². The molecule has 2 aliphatic rings. The molecule has 1 saturated carbocycles. The van der Waals surface area contributed by atoms with Crippen molar-refractivity contribution >= 4 is 17.8 Å². The van der Waals surface area contributed by atoms with Crippen molar-refractivity contribution in [3.8, 4) is 0 Å². The Morgan fingerprint density at radius 1 is 1.17 bits per heavy atom. The maximum absolute atomic E-state index is 12.5. The van der Waals surface area contributed by atoms with Crippen LogP contribution < -0.4 is 16.0 Å². The van der Waals surface area contributed by atoms with Crippen molar-refractivity contribution in [1.29, 1.82) is 0 Å². The number of piperidine rings is 1. The minimum absolute atomic E-state index is 0.0944. The monoisotopic (exact) mass is 338 g/mol. The summed E-state index contributed by atoms with van der Waals surface area (Å²) in [5.41, 5.74) is -0.264. The number of nitrogens with zero attached hydrogens (tertiary/aromatic N) is 1. The fourth-order valence-corrected chi connectivity index (χ4v) is 3.76. The lowest BCUT2D eigenvalue weighted by Gasteiger charge is -2.30. The first-order chi connectivity index (χ1) is 11.0. The van der Waals surface area contributed by atoms with Gasteiger partial charge >= 0.3 is 6.03 Å². The van der Waals surface area contributed by atoms with E-state index in [1.807, 2.05) is 27.7 Å². The van der Waals surface area contributed by atoms with Crippen LogP contribution in [0.2, 0.25) is 0 Å². The van der Waals surface area contributed by atoms with Gasteiger partial charge < -0.3 is 20.9 Å². The van der Waals surface area contributed by atoms with Crippen LogP contribution in [0.25, 0.3) is 0 Å². The molecule has 2 fully saturated rings. The van der Waals surface area contributed by atoms with Crippen LogP contribution >= 0.6 is 0 Å². The number of urea groups is 1. The molecular formula is C17H30N4O3. The lowest BCUT2D eigenvalue weighted by molar-refractivity contribution is -0.139. The minimum atomic E-state index is -0.426. The Kier molecular flexibility index (Phi) is 4.84. The number of likely N-dealkylation sites (N-methyl/N-ethyl adjacent to an activating group) is 1. The second-order valence-electron chi connectivity index (χ2n) is 8.40. The molecule has 1 aliphatic carbocycles. The summed E-state index contributed by atoms with van der Waals surface area (Å²) in [6, 6.07) is -0.806. The van der Waals surface area contributed by atoms with E-state index in [2.05, 4.69) is 29.8 Å². The van der Waals surface area contributed by atoms with E-state index in [4.69, 9.17) is 0 Å². The van der Waals surface area contributed by atoms with Crippen molar-refractivity contribution in [2.24, 2.45) is 17.3 Å². The highest BCUT2D eigenvalue weighted by atomic mass is 16.2. The first kappa shape index (κ1) is 18.5. The molecule has 0 aromatic carbocycles. The van der Waals surface area contributed by atoms with Crippen molar-refractivity contribution in [3.63, 3.8) is 0 Å². The number of hydrogen-bond acceptors (Lipinski definition) is 3. The molecule has 3 atom stereocenters. The summed E-state index contributed by atoms with van der Waals surface area (Å²) in [6.07, 6.45) is 0. The van der Waals surface area contributed by atoms with E-state index >= 15 is 0 Å². The predicted molar refractivity (Wildman–Crippen MR) is 91.2 cm³/mol. The van der Waals surface area contributed by atoms with Crippen LogP contribution in [0.4, 0.5) is 4.79 Å². The van der Waals surface area contributed by atoms with Gasteiger partial charge in [0.25, 0.3) is 0 Å². The maximum atomic E-state index is 12.5. The summed E-state index contributed by atoms with van der Waals surface area (Å²) < 4.78 is 0. The van der Waals surface area contributed by atoms with Crippen LogP contribution in [0.15, 0.2) is 0 Å². The number of hydrogen-bond donors (Lipinski definition) is 3. The first-order valence-corrected chi connectivity index (χ1v) is 8.62. The van der Waals surface area contributed by atoms with E-state index in [1.165, 1.54) is 0 Å². The van der Waals surface area contributed by atoms with Gasteiger partial charge in [-0.3, -0.25) is 9.59 Å². The molecule has 0 aromatic rings. The lowest BCUT2D eigenvalue weighted by atomic mass is 10.0. The summed E-state index contributed by atoms with van der Waals surface area (Å²) in [5.74, 6) is 0.259. The summed E-state index contributed by atoms with van der Waals surface area (Å²) >= 11 is 0. The van der Waals surface area contributed by atoms with Gasteiger partial charge in [-0.2, -0.15) is 0 Å². The number of amides is 4. The van der Waals surface area contributed by atoms with Crippen LogP contribution in [0.5, 0.6) is 0 Å². The summed E-state index contributed by atoms with van der Waals surface area (Å²) in [6.45, 7) is 12.8. The number of nitrogens with one attached hydrogen (secondary N) is 3. The largest absolute Gasteiger partial charge is 0.355 e. The Bertz CT molecular complexity index is 538. The molecule has 7 nitrogen and oxygen atoms in total. The van der Waals surface area contributed by atoms with Crippen molar-refractivity contribution in [2.75, 3.05) is 19.6 Å². The highest BCUT2D eigenvalue weighted by Crippen LogP contribution is 2.64. The quantitative estimate of drug-likeness (QED) is 0.705. The van der Waals surface area contributed by atoms with Crippen LogP contribution in [0, 0.1) is 17.3 Å². The number of carbonyl (C=O) groups excluding carboxylic acids is 3. The molecule has 24 heavy (non-hydrogen) atoms. The molecule has 0 spiro atoms. The number of carbonyl (C=O) groups is 3. The van der Waals surface area contributed by atoms with Gasteiger partial charge in [-0.1, -0.05) is 13.8 Å². The SMILES string of the molecule is CCNC(=O)C1C2C(CN1C(=O)CNC(=O)NC(C)(C)C)C2(C)C. The van der Waals surface area contributed by atoms with Crippen molar-refractivity contribution in [2.45, 2.75) is 53.1 Å². The average Bonchev–Trinajstić information content (AvgIpc) is 2.83. The molecule has 1 aliphatic heterocycles. The molecule has 0 bridgehead atoms. The topological polar surface area (TPSA) is 90.5 Å². The number of likely N-dealkylation sites (tertiary alicyclic amines) is 1. The predicted octanol–water partition coefficient (Wildman–Crippen LogP) is 0.703. The minimum Gasteiger partial charge on any atom is -0.355 e. The van der Waals surface area contributed by atoms with E-state index in [-0.39, 0.29) is 41.3 Å². The number of rotatable bonds is 4. The average molecular weight is 338 g/mol. The van der Waals surface area contributed by atoms with Crippen molar-refractivity contribution in [1.82, 2.24) is 20.9 Å². The summed E-state index contributed by atoms with van der Waals surface area (Å²) in [4.78, 5) is 38.3. The zero-order valence-corrected chi connectivity index (χ0v) is 15.5. The van der Waals surface area contributed by atoms with Crippen molar-refractivity contribution in [3.05, 3.63) is 0 Å². The Balaban J connectivity index is 1.96. The Morgan fingerprint density at radius 3 is 2.33 bits per heavy atom. The fraction of sp³-hybridized carbons (Fsp3) is 0.824. The third-order valence-electron chi connectivity index (χ3n) is 5.04. The van der Waals surface area contributed by atoms with Crippen LogP contribution in [0.3, 0.4) is 0 Å². The maximum Gasteiger partial charge on any atom is 0.315 e. The van der Waals surface area contributed by atoms with Gasteiger partial charge in [-0.15, -0.1) is 0 Å². The lowest BCUT2D eigenvalue weighted by Crippen LogP contribution is -2.54. The normalized spacial score (nSPS) is 27.2. The molecule has 1 saturated heterocycles. The second-order valence-corrected chi connectivity index (χ2v) is 8.40. The third kappa shape index (κ3) is 3.65. The highest BCUT2D eigenvalue weighted by molar-refractivity contribution is 5.91. The van der Waals surface area contributed by atoms with Gasteiger partial charge in [0.15, 0.2) is 0 Å². The van der Waals surface area contributed by atoms with Gasteiger partial charge in [0.2, 0.25) is 11.8 Å². The molecule has 0 aromatic heterocycles. The van der Waals surface area contributed by atoms with Gasteiger partial charge in [0, 0.05) is 18.6 Å². The Morgan fingerprint density at radius 2 is 1.79 bits per heavy atom. The van der Waals surface area contributed by atoms with E-state index in [1.54, 1.807) is 4.90 Å². The van der Waals surface area contributed by atoms with E-state index in [9.17, 15) is 14.4 Å². The molecular weight excluding hydrogens is 308 g/mol. The Labute approximate surface area is 143 Å². The van der Waals surface area contributed by atoms with Crippen LogP contribution in [0.1, 0.15) is 41.5 Å². The molecule has 0 radical (unpaired) electrons. The second kappa shape index (κ2) is 6.26. The third-order valence-corrected chi connectivity index (χ3v) is 5.04. The highest BCUT2D eigenvalue weighted by Gasteiger charge is 2.69. The molecule has 1 heterocycles. The van der Waals surface area contributed by atoms with E-state index in [0.717, 1.165) is 0 Å². The van der Waals surface area contributed by atoms with E-state index < -0.39 is 6.04 Å². The van der Waals surface area contributed by atoms with Gasteiger partial charge in [-0.25, -0.2) is 4.79 Å². The smallest absolute Gasteiger partial charge is 0.315 e. The molecule has 3 N–H and O–H groups in total. The molecule has 136 valence electrons. The zero-order chi connectivity index (χ0) is 18.3. The zero-order valence-electron chi connectivity index (χ0n) is 15.5.